The van der Waals surface area contributed by atoms with Gasteiger partial charge in [-0.1, -0.05) is 24.3 Å². The highest BCUT2D eigenvalue weighted by molar-refractivity contribution is 9.10. The molecule has 0 aliphatic rings. The Morgan fingerprint density at radius 3 is 2.26 bits per heavy atom. The minimum Gasteiger partial charge on any atom is -0.384 e. The van der Waals surface area contributed by atoms with Crippen molar-refractivity contribution in [3.63, 3.8) is 0 Å². The topological polar surface area (TPSA) is 72.2 Å². The van der Waals surface area contributed by atoms with Gasteiger partial charge in [-0.05, 0) is 77.8 Å². The normalized spacial score (nSPS) is 12.3. The monoisotopic (exact) mass is 516 g/mol. The van der Waals surface area contributed by atoms with E-state index in [-0.39, 0.29) is 0 Å². The summed E-state index contributed by atoms with van der Waals surface area (Å²) in [7, 11) is -3.23. The standard InChI is InChI=1S/C23H21BrN2O3S2/c1-23(2,27)22-14-19(26(25-22)18-7-5-4-6-17(18)24)21-13-12-20(30-21)15-8-10-16(11-9-15)31(3,28)29/h4-14,27H,1-3H3. The second-order valence-electron chi connectivity index (χ2n) is 7.80. The number of benzene rings is 2. The Morgan fingerprint density at radius 1 is 1.00 bits per heavy atom. The van der Waals surface area contributed by atoms with Crippen LogP contribution in [0, 0.1) is 0 Å². The molecule has 0 aliphatic carbocycles. The third kappa shape index (κ3) is 4.52. The van der Waals surface area contributed by atoms with Gasteiger partial charge in [0.15, 0.2) is 9.84 Å². The number of para-hydroxylation sites is 1. The summed E-state index contributed by atoms with van der Waals surface area (Å²) in [5.41, 5.74) is 2.18. The average Bonchev–Trinajstić information content (AvgIpc) is 3.35. The zero-order valence-electron chi connectivity index (χ0n) is 17.2. The van der Waals surface area contributed by atoms with Gasteiger partial charge >= 0.3 is 0 Å². The first-order valence-electron chi connectivity index (χ1n) is 9.52. The van der Waals surface area contributed by atoms with E-state index >= 15 is 0 Å². The highest BCUT2D eigenvalue weighted by Crippen LogP contribution is 2.38. The summed E-state index contributed by atoms with van der Waals surface area (Å²) < 4.78 is 26.2. The molecule has 1 N–H and O–H groups in total. The molecule has 0 aliphatic heterocycles. The SMILES string of the molecule is CC(C)(O)c1cc(-c2ccc(-c3ccc(S(C)(=O)=O)cc3)s2)n(-c2ccccc2Br)n1. The maximum Gasteiger partial charge on any atom is 0.175 e. The van der Waals surface area contributed by atoms with Crippen LogP contribution in [0.5, 0.6) is 0 Å². The lowest BCUT2D eigenvalue weighted by molar-refractivity contribution is 0.0734. The third-order valence-corrected chi connectivity index (χ3v) is 7.80. The summed E-state index contributed by atoms with van der Waals surface area (Å²) >= 11 is 5.18. The van der Waals surface area contributed by atoms with Crippen molar-refractivity contribution in [1.82, 2.24) is 9.78 Å². The van der Waals surface area contributed by atoms with Crippen LogP contribution in [0.4, 0.5) is 0 Å². The van der Waals surface area contributed by atoms with E-state index in [2.05, 4.69) is 21.0 Å². The highest BCUT2D eigenvalue weighted by Gasteiger charge is 2.24. The van der Waals surface area contributed by atoms with Crippen molar-refractivity contribution in [2.75, 3.05) is 6.26 Å². The van der Waals surface area contributed by atoms with Gasteiger partial charge in [0.05, 0.1) is 26.8 Å². The van der Waals surface area contributed by atoms with Crippen molar-refractivity contribution in [2.24, 2.45) is 0 Å². The zero-order chi connectivity index (χ0) is 22.4. The van der Waals surface area contributed by atoms with Gasteiger partial charge in [-0.15, -0.1) is 11.3 Å². The first kappa shape index (κ1) is 22.0. The number of nitrogens with zero attached hydrogens (tertiary/aromatic N) is 2. The molecule has 0 radical (unpaired) electrons. The lowest BCUT2D eigenvalue weighted by atomic mass is 10.1. The van der Waals surface area contributed by atoms with E-state index in [0.29, 0.717) is 10.6 Å². The molecule has 2 aromatic heterocycles. The molecule has 2 heterocycles. The molecular weight excluding hydrogens is 496 g/mol. The molecule has 0 bridgehead atoms. The molecule has 2 aromatic carbocycles. The molecule has 0 saturated heterocycles. The van der Waals surface area contributed by atoms with Crippen LogP contribution in [0.15, 0.2) is 76.1 Å². The molecule has 0 amide bonds. The molecule has 0 unspecified atom stereocenters. The number of aromatic nitrogens is 2. The lowest BCUT2D eigenvalue weighted by Gasteiger charge is -2.13. The predicted molar refractivity (Wildman–Crippen MR) is 128 cm³/mol. The summed E-state index contributed by atoms with van der Waals surface area (Å²) in [5.74, 6) is 0. The van der Waals surface area contributed by atoms with Crippen molar-refractivity contribution >= 4 is 37.1 Å². The van der Waals surface area contributed by atoms with Gasteiger partial charge in [0, 0.05) is 15.6 Å². The number of sulfone groups is 1. The van der Waals surface area contributed by atoms with Gasteiger partial charge in [0.2, 0.25) is 0 Å². The largest absolute Gasteiger partial charge is 0.384 e. The van der Waals surface area contributed by atoms with Gasteiger partial charge in [0.25, 0.3) is 0 Å². The Morgan fingerprint density at radius 2 is 1.65 bits per heavy atom. The molecule has 5 nitrogen and oxygen atoms in total. The molecule has 0 spiro atoms. The average molecular weight is 517 g/mol. The van der Waals surface area contributed by atoms with Crippen molar-refractivity contribution in [3.8, 4) is 26.7 Å². The van der Waals surface area contributed by atoms with E-state index in [9.17, 15) is 13.5 Å². The van der Waals surface area contributed by atoms with E-state index < -0.39 is 15.4 Å². The molecule has 31 heavy (non-hydrogen) atoms. The molecule has 0 saturated carbocycles. The van der Waals surface area contributed by atoms with Crippen LogP contribution in [0.3, 0.4) is 0 Å². The summed E-state index contributed by atoms with van der Waals surface area (Å²) in [6, 6.07) is 20.6. The lowest BCUT2D eigenvalue weighted by Crippen LogP contribution is -2.16. The van der Waals surface area contributed by atoms with Crippen LogP contribution in [0.1, 0.15) is 19.5 Å². The van der Waals surface area contributed by atoms with Crippen molar-refractivity contribution in [2.45, 2.75) is 24.3 Å². The quantitative estimate of drug-likeness (QED) is 0.371. The second kappa shape index (κ2) is 8.02. The molecule has 8 heteroatoms. The molecule has 160 valence electrons. The number of aliphatic hydroxyl groups is 1. The Balaban J connectivity index is 1.80. The fourth-order valence-corrected chi connectivity index (χ4v) is 5.26. The number of hydrogen-bond donors (Lipinski definition) is 1. The van der Waals surface area contributed by atoms with Crippen LogP contribution < -0.4 is 0 Å². The number of hydrogen-bond acceptors (Lipinski definition) is 5. The van der Waals surface area contributed by atoms with Gasteiger partial charge in [-0.3, -0.25) is 0 Å². The van der Waals surface area contributed by atoms with Crippen molar-refractivity contribution in [3.05, 3.63) is 76.9 Å². The van der Waals surface area contributed by atoms with Gasteiger partial charge in [-0.25, -0.2) is 13.1 Å². The van der Waals surface area contributed by atoms with Gasteiger partial charge < -0.3 is 5.11 Å². The fourth-order valence-electron chi connectivity index (χ4n) is 3.16. The van der Waals surface area contributed by atoms with E-state index in [1.165, 1.54) is 6.26 Å². The van der Waals surface area contributed by atoms with E-state index in [4.69, 9.17) is 0 Å². The Labute approximate surface area is 194 Å². The summed E-state index contributed by atoms with van der Waals surface area (Å²) in [6.07, 6.45) is 1.20. The predicted octanol–water partition coefficient (Wildman–Crippen LogP) is 5.66. The van der Waals surface area contributed by atoms with Gasteiger partial charge in [0.1, 0.15) is 5.60 Å². The zero-order valence-corrected chi connectivity index (χ0v) is 20.4. The molecule has 0 atom stereocenters. The molecule has 4 aromatic rings. The molecule has 4 rings (SSSR count). The minimum absolute atomic E-state index is 0.301. The number of thiophene rings is 1. The van der Waals surface area contributed by atoms with Crippen molar-refractivity contribution in [1.29, 1.82) is 0 Å². The fraction of sp³-hybridized carbons (Fsp3) is 0.174. The van der Waals surface area contributed by atoms with E-state index in [0.717, 1.165) is 31.2 Å². The van der Waals surface area contributed by atoms with E-state index in [1.807, 2.05) is 59.3 Å². The van der Waals surface area contributed by atoms with Crippen LogP contribution >= 0.6 is 27.3 Å². The Kier molecular flexibility index (Phi) is 5.68. The maximum atomic E-state index is 11.7. The maximum absolute atomic E-state index is 11.7. The summed E-state index contributed by atoms with van der Waals surface area (Å²) in [4.78, 5) is 2.30. The van der Waals surface area contributed by atoms with Crippen LogP contribution in [0.25, 0.3) is 26.7 Å². The minimum atomic E-state index is -3.23. The Hall–Kier alpha value is -2.26. The Bertz CT molecular complexity index is 1350. The van der Waals surface area contributed by atoms with Crippen LogP contribution in [0.2, 0.25) is 0 Å². The number of rotatable bonds is 5. The van der Waals surface area contributed by atoms with Crippen LogP contribution in [-0.4, -0.2) is 29.6 Å². The summed E-state index contributed by atoms with van der Waals surface area (Å²) in [5, 5.41) is 15.2. The van der Waals surface area contributed by atoms with Gasteiger partial charge in [-0.2, -0.15) is 5.10 Å². The van der Waals surface area contributed by atoms with Crippen LogP contribution in [-0.2, 0) is 15.4 Å². The first-order valence-corrected chi connectivity index (χ1v) is 13.0. The summed E-state index contributed by atoms with van der Waals surface area (Å²) in [6.45, 7) is 3.43. The van der Waals surface area contributed by atoms with E-state index in [1.54, 1.807) is 37.3 Å². The molecule has 0 fully saturated rings. The first-order chi connectivity index (χ1) is 14.5. The third-order valence-electron chi connectivity index (χ3n) is 4.84. The highest BCUT2D eigenvalue weighted by atomic mass is 79.9. The number of halogens is 1. The second-order valence-corrected chi connectivity index (χ2v) is 11.8. The molecular formula is C23H21BrN2O3S2. The van der Waals surface area contributed by atoms with Crippen molar-refractivity contribution < 1.29 is 13.5 Å². The smallest absolute Gasteiger partial charge is 0.175 e.